The fourth-order valence-electron chi connectivity index (χ4n) is 5.46. The van der Waals surface area contributed by atoms with Crippen LogP contribution < -0.4 is 5.32 Å². The van der Waals surface area contributed by atoms with E-state index in [-0.39, 0.29) is 31.4 Å². The number of rotatable bonds is 23. The lowest BCUT2D eigenvalue weighted by molar-refractivity contribution is -0.161. The molecule has 1 aliphatic heterocycles. The van der Waals surface area contributed by atoms with Crippen LogP contribution in [-0.4, -0.2) is 84.0 Å². The lowest BCUT2D eigenvalue weighted by atomic mass is 9.86. The molecule has 0 aliphatic carbocycles. The highest BCUT2D eigenvalue weighted by Crippen LogP contribution is 2.24. The highest BCUT2D eigenvalue weighted by Gasteiger charge is 2.36. The van der Waals surface area contributed by atoms with Crippen LogP contribution >= 0.6 is 0 Å². The molecule has 0 bridgehead atoms. The normalized spacial score (nSPS) is 14.7. The Bertz CT molecular complexity index is 861. The first-order valence-corrected chi connectivity index (χ1v) is 18.0. The number of nitrogens with one attached hydrogen (secondary N) is 1. The van der Waals surface area contributed by atoms with Crippen LogP contribution in [0.5, 0.6) is 0 Å². The van der Waals surface area contributed by atoms with Crippen molar-refractivity contribution >= 4 is 23.7 Å². The SMILES string of the molecule is CCCCCCCCCCCCCCCCCC(=O)N1CCN(C(=O)CCNC(=O)C(O)C(C)(C)COC(=O)C(C)(C)C)CC1. The van der Waals surface area contributed by atoms with Gasteiger partial charge in [0.25, 0.3) is 0 Å². The number of piperazine rings is 1. The number of hydrogen-bond donors (Lipinski definition) is 2. The molecule has 1 saturated heterocycles. The van der Waals surface area contributed by atoms with Crippen molar-refractivity contribution in [1.82, 2.24) is 15.1 Å². The number of amides is 3. The van der Waals surface area contributed by atoms with Crippen LogP contribution in [0, 0.1) is 10.8 Å². The largest absolute Gasteiger partial charge is 0.465 e. The van der Waals surface area contributed by atoms with Crippen LogP contribution in [0.2, 0.25) is 0 Å². The molecule has 1 heterocycles. The predicted molar refractivity (Wildman–Crippen MR) is 181 cm³/mol. The second kappa shape index (κ2) is 22.4. The first kappa shape index (κ1) is 40.9. The van der Waals surface area contributed by atoms with Crippen LogP contribution in [0.1, 0.15) is 151 Å². The van der Waals surface area contributed by atoms with Gasteiger partial charge in [-0.15, -0.1) is 0 Å². The smallest absolute Gasteiger partial charge is 0.311 e. The van der Waals surface area contributed by atoms with Crippen molar-refractivity contribution in [3.05, 3.63) is 0 Å². The summed E-state index contributed by atoms with van der Waals surface area (Å²) in [4.78, 5) is 53.5. The molecular weight excluding hydrogens is 570 g/mol. The zero-order chi connectivity index (χ0) is 33.7. The van der Waals surface area contributed by atoms with Crippen LogP contribution in [0.15, 0.2) is 0 Å². The Labute approximate surface area is 274 Å². The summed E-state index contributed by atoms with van der Waals surface area (Å²) in [5.41, 5.74) is -1.65. The zero-order valence-corrected chi connectivity index (χ0v) is 29.7. The molecule has 0 radical (unpaired) electrons. The fourth-order valence-corrected chi connectivity index (χ4v) is 5.46. The lowest BCUT2D eigenvalue weighted by Crippen LogP contribution is -2.51. The molecule has 1 aliphatic rings. The van der Waals surface area contributed by atoms with E-state index in [4.69, 9.17) is 4.74 Å². The minimum absolute atomic E-state index is 0.0855. The van der Waals surface area contributed by atoms with Crippen molar-refractivity contribution in [2.45, 2.75) is 157 Å². The lowest BCUT2D eigenvalue weighted by Gasteiger charge is -2.35. The standard InChI is InChI=1S/C36H67N3O6/c1-7-8-9-10-11-12-13-14-15-16-17-18-19-20-21-22-30(40)38-25-27-39(28-26-38)31(41)23-24-37-33(43)32(42)36(5,6)29-45-34(44)35(2,3)4/h32,42H,7-29H2,1-6H3,(H,37,43). The first-order chi connectivity index (χ1) is 21.3. The number of nitrogens with zero attached hydrogens (tertiary/aromatic N) is 2. The molecule has 262 valence electrons. The molecule has 3 amide bonds. The van der Waals surface area contributed by atoms with Gasteiger partial charge in [-0.05, 0) is 27.2 Å². The van der Waals surface area contributed by atoms with Crippen LogP contribution in [-0.2, 0) is 23.9 Å². The summed E-state index contributed by atoms with van der Waals surface area (Å²) < 4.78 is 5.29. The summed E-state index contributed by atoms with van der Waals surface area (Å²) in [6, 6.07) is 0. The zero-order valence-electron chi connectivity index (χ0n) is 29.7. The van der Waals surface area contributed by atoms with Gasteiger partial charge in [-0.25, -0.2) is 0 Å². The molecular formula is C36H67N3O6. The summed E-state index contributed by atoms with van der Waals surface area (Å²) in [5.74, 6) is -0.916. The summed E-state index contributed by atoms with van der Waals surface area (Å²) in [5, 5.41) is 13.1. The molecule has 0 saturated carbocycles. The molecule has 9 heteroatoms. The van der Waals surface area contributed by atoms with Crippen molar-refractivity contribution in [3.63, 3.8) is 0 Å². The molecule has 0 spiro atoms. The number of unbranched alkanes of at least 4 members (excludes halogenated alkanes) is 14. The van der Waals surface area contributed by atoms with E-state index in [0.717, 1.165) is 12.8 Å². The molecule has 0 aromatic heterocycles. The van der Waals surface area contributed by atoms with Gasteiger partial charge in [-0.1, -0.05) is 111 Å². The molecule has 2 N–H and O–H groups in total. The Morgan fingerprint density at radius 3 is 1.49 bits per heavy atom. The average molecular weight is 638 g/mol. The number of carbonyl (C=O) groups is 4. The minimum Gasteiger partial charge on any atom is -0.465 e. The Kier molecular flexibility index (Phi) is 20.3. The molecule has 1 unspecified atom stereocenters. The van der Waals surface area contributed by atoms with Crippen molar-refractivity contribution in [1.29, 1.82) is 0 Å². The van der Waals surface area contributed by atoms with E-state index in [1.54, 1.807) is 39.5 Å². The number of carbonyl (C=O) groups excluding carboxylic acids is 4. The molecule has 1 fully saturated rings. The Hall–Kier alpha value is -2.16. The van der Waals surface area contributed by atoms with Crippen molar-refractivity contribution in [3.8, 4) is 0 Å². The third-order valence-corrected chi connectivity index (χ3v) is 8.79. The molecule has 9 nitrogen and oxygen atoms in total. The van der Waals surface area contributed by atoms with Gasteiger partial charge in [-0.3, -0.25) is 19.2 Å². The number of esters is 1. The topological polar surface area (TPSA) is 116 Å². The molecule has 0 aromatic rings. The maximum Gasteiger partial charge on any atom is 0.311 e. The highest BCUT2D eigenvalue weighted by molar-refractivity contribution is 5.83. The molecule has 0 aromatic carbocycles. The number of aliphatic hydroxyl groups is 1. The predicted octanol–water partition coefficient (Wildman–Crippen LogP) is 6.40. The van der Waals surface area contributed by atoms with Gasteiger partial charge in [0.1, 0.15) is 6.10 Å². The van der Waals surface area contributed by atoms with Crippen molar-refractivity contribution in [2.75, 3.05) is 39.3 Å². The molecule has 1 atom stereocenters. The quantitative estimate of drug-likeness (QED) is 0.0989. The highest BCUT2D eigenvalue weighted by atomic mass is 16.5. The van der Waals surface area contributed by atoms with E-state index >= 15 is 0 Å². The van der Waals surface area contributed by atoms with Gasteiger partial charge in [0.15, 0.2) is 0 Å². The van der Waals surface area contributed by atoms with E-state index in [2.05, 4.69) is 12.2 Å². The number of aliphatic hydroxyl groups excluding tert-OH is 1. The number of hydrogen-bond acceptors (Lipinski definition) is 6. The summed E-state index contributed by atoms with van der Waals surface area (Å²) in [6.07, 6.45) is 18.9. The van der Waals surface area contributed by atoms with E-state index in [9.17, 15) is 24.3 Å². The van der Waals surface area contributed by atoms with Gasteiger partial charge in [0, 0.05) is 51.0 Å². The molecule has 1 rings (SSSR count). The van der Waals surface area contributed by atoms with Crippen LogP contribution in [0.25, 0.3) is 0 Å². The maximum atomic E-state index is 12.7. The second-order valence-electron chi connectivity index (χ2n) is 14.7. The Balaban J connectivity index is 2.11. The van der Waals surface area contributed by atoms with E-state index in [1.807, 2.05) is 4.90 Å². The summed E-state index contributed by atoms with van der Waals surface area (Å²) >= 11 is 0. The summed E-state index contributed by atoms with van der Waals surface area (Å²) in [7, 11) is 0. The average Bonchev–Trinajstić information content (AvgIpc) is 3.00. The van der Waals surface area contributed by atoms with Crippen molar-refractivity contribution < 1.29 is 29.0 Å². The van der Waals surface area contributed by atoms with Gasteiger partial charge >= 0.3 is 5.97 Å². The van der Waals surface area contributed by atoms with E-state index < -0.39 is 28.8 Å². The maximum absolute atomic E-state index is 12.7. The Morgan fingerprint density at radius 1 is 0.667 bits per heavy atom. The Morgan fingerprint density at radius 2 is 1.07 bits per heavy atom. The van der Waals surface area contributed by atoms with E-state index in [0.29, 0.717) is 32.6 Å². The van der Waals surface area contributed by atoms with Gasteiger partial charge in [-0.2, -0.15) is 0 Å². The van der Waals surface area contributed by atoms with Gasteiger partial charge < -0.3 is 25.0 Å². The van der Waals surface area contributed by atoms with Crippen LogP contribution in [0.3, 0.4) is 0 Å². The monoisotopic (exact) mass is 638 g/mol. The van der Waals surface area contributed by atoms with Gasteiger partial charge in [0.2, 0.25) is 17.7 Å². The van der Waals surface area contributed by atoms with Crippen molar-refractivity contribution in [2.24, 2.45) is 10.8 Å². The van der Waals surface area contributed by atoms with Crippen LogP contribution in [0.4, 0.5) is 0 Å². The minimum atomic E-state index is -1.39. The van der Waals surface area contributed by atoms with E-state index in [1.165, 1.54) is 83.5 Å². The van der Waals surface area contributed by atoms with Gasteiger partial charge in [0.05, 0.1) is 12.0 Å². The first-order valence-electron chi connectivity index (χ1n) is 18.0. The fraction of sp³-hybridized carbons (Fsp3) is 0.889. The third kappa shape index (κ3) is 17.9. The second-order valence-corrected chi connectivity index (χ2v) is 14.7. The molecule has 45 heavy (non-hydrogen) atoms. The number of ether oxygens (including phenoxy) is 1. The summed E-state index contributed by atoms with van der Waals surface area (Å²) in [6.45, 7) is 12.8. The third-order valence-electron chi connectivity index (χ3n) is 8.79.